The molecular weight excluding hydrogens is 410 g/mol. The zero-order valence-electron chi connectivity index (χ0n) is 19.6. The number of benzene rings is 3. The van der Waals surface area contributed by atoms with E-state index in [0.29, 0.717) is 0 Å². The molecule has 170 valence electrons. The van der Waals surface area contributed by atoms with Crippen molar-refractivity contribution in [3.05, 3.63) is 66.2 Å². The normalized spacial score (nSPS) is 14.0. The summed E-state index contributed by atoms with van der Waals surface area (Å²) in [6.45, 7) is 6.44. The summed E-state index contributed by atoms with van der Waals surface area (Å²) in [5.74, 6) is 1.47. The van der Waals surface area contributed by atoms with Crippen molar-refractivity contribution in [3.8, 4) is 33.9 Å². The smallest absolute Gasteiger partial charge is 0.161 e. The number of aromatic nitrogens is 1. The van der Waals surface area contributed by atoms with Crippen LogP contribution in [0.2, 0.25) is 0 Å². The minimum atomic E-state index is 0.737. The topological polar surface area (TPSA) is 49.5 Å². The molecule has 3 aromatic carbocycles. The monoisotopic (exact) mass is 441 g/mol. The summed E-state index contributed by atoms with van der Waals surface area (Å²) >= 11 is 0. The minimum absolute atomic E-state index is 0.737. The molecule has 33 heavy (non-hydrogen) atoms. The van der Waals surface area contributed by atoms with E-state index in [1.54, 1.807) is 14.2 Å². The van der Waals surface area contributed by atoms with Gasteiger partial charge in [-0.05, 0) is 65.6 Å². The van der Waals surface area contributed by atoms with Gasteiger partial charge in [0.2, 0.25) is 0 Å². The van der Waals surface area contributed by atoms with Crippen molar-refractivity contribution in [2.24, 2.45) is 0 Å². The summed E-state index contributed by atoms with van der Waals surface area (Å²) < 4.78 is 10.9. The highest BCUT2D eigenvalue weighted by atomic mass is 16.5. The fourth-order valence-electron chi connectivity index (χ4n) is 4.82. The van der Waals surface area contributed by atoms with Gasteiger partial charge in [-0.3, -0.25) is 0 Å². The zero-order chi connectivity index (χ0) is 22.8. The first kappa shape index (κ1) is 21.4. The number of ether oxygens (including phenoxy) is 2. The Labute approximate surface area is 195 Å². The highest BCUT2D eigenvalue weighted by Crippen LogP contribution is 2.37. The van der Waals surface area contributed by atoms with Gasteiger partial charge in [0.25, 0.3) is 0 Å². The van der Waals surface area contributed by atoms with E-state index >= 15 is 0 Å². The van der Waals surface area contributed by atoms with E-state index in [0.717, 1.165) is 60.9 Å². The first-order chi connectivity index (χ1) is 16.2. The van der Waals surface area contributed by atoms with Crippen LogP contribution in [-0.2, 0) is 6.42 Å². The average Bonchev–Trinajstić information content (AvgIpc) is 3.26. The van der Waals surface area contributed by atoms with E-state index in [2.05, 4.69) is 70.7 Å². The van der Waals surface area contributed by atoms with Crippen LogP contribution in [0.5, 0.6) is 11.5 Å². The Morgan fingerprint density at radius 2 is 1.48 bits per heavy atom. The molecule has 0 aliphatic carbocycles. The standard InChI is InChI=1S/C28H31N3O2/c1-4-23-24-17-20(19-5-9-22(10-6-19)31-15-13-29-14-16-31)7-11-25(24)30-28(23)21-8-12-26(32-2)27(18-21)33-3/h5-12,17-18,29-30H,4,13-16H2,1-3H3. The number of rotatable bonds is 6. The number of piperazine rings is 1. The predicted octanol–water partition coefficient (Wildman–Crippen LogP) is 5.49. The van der Waals surface area contributed by atoms with Crippen LogP contribution in [0.25, 0.3) is 33.3 Å². The van der Waals surface area contributed by atoms with E-state index in [4.69, 9.17) is 9.47 Å². The van der Waals surface area contributed by atoms with Crippen LogP contribution in [0.4, 0.5) is 5.69 Å². The van der Waals surface area contributed by atoms with Crippen molar-refractivity contribution in [2.45, 2.75) is 13.3 Å². The number of aromatic amines is 1. The van der Waals surface area contributed by atoms with Crippen LogP contribution in [0, 0.1) is 0 Å². The number of anilines is 1. The molecule has 1 saturated heterocycles. The van der Waals surface area contributed by atoms with Crippen molar-refractivity contribution in [2.75, 3.05) is 45.3 Å². The van der Waals surface area contributed by atoms with E-state index in [-0.39, 0.29) is 0 Å². The van der Waals surface area contributed by atoms with Crippen molar-refractivity contribution in [3.63, 3.8) is 0 Å². The Balaban J connectivity index is 1.51. The van der Waals surface area contributed by atoms with Gasteiger partial charge >= 0.3 is 0 Å². The molecule has 0 amide bonds. The quantitative estimate of drug-likeness (QED) is 0.415. The maximum atomic E-state index is 5.53. The molecule has 0 saturated carbocycles. The molecule has 5 nitrogen and oxygen atoms in total. The third-order valence-electron chi connectivity index (χ3n) is 6.61. The highest BCUT2D eigenvalue weighted by Gasteiger charge is 2.15. The first-order valence-corrected chi connectivity index (χ1v) is 11.6. The van der Waals surface area contributed by atoms with Crippen molar-refractivity contribution in [1.82, 2.24) is 10.3 Å². The summed E-state index contributed by atoms with van der Waals surface area (Å²) in [6, 6.07) is 21.8. The van der Waals surface area contributed by atoms with Gasteiger partial charge in [-0.25, -0.2) is 0 Å². The Bertz CT molecular complexity index is 1250. The Kier molecular flexibility index (Phi) is 5.97. The predicted molar refractivity (Wildman–Crippen MR) is 137 cm³/mol. The number of aryl methyl sites for hydroxylation is 1. The lowest BCUT2D eigenvalue weighted by atomic mass is 9.99. The van der Waals surface area contributed by atoms with Crippen LogP contribution in [0.1, 0.15) is 12.5 Å². The zero-order valence-corrected chi connectivity index (χ0v) is 19.6. The molecule has 5 heteroatoms. The van der Waals surface area contributed by atoms with E-state index in [9.17, 15) is 0 Å². The Hall–Kier alpha value is -3.44. The number of H-pyrrole nitrogens is 1. The molecule has 0 bridgehead atoms. The van der Waals surface area contributed by atoms with Crippen LogP contribution in [0.3, 0.4) is 0 Å². The molecule has 0 spiro atoms. The van der Waals surface area contributed by atoms with Crippen molar-refractivity contribution >= 4 is 16.6 Å². The van der Waals surface area contributed by atoms with Crippen molar-refractivity contribution in [1.29, 1.82) is 0 Å². The lowest BCUT2D eigenvalue weighted by molar-refractivity contribution is 0.355. The van der Waals surface area contributed by atoms with Gasteiger partial charge in [0.05, 0.1) is 14.2 Å². The number of nitrogens with one attached hydrogen (secondary N) is 2. The maximum absolute atomic E-state index is 5.53. The molecule has 1 aliphatic rings. The Morgan fingerprint density at radius 3 is 2.18 bits per heavy atom. The summed E-state index contributed by atoms with van der Waals surface area (Å²) in [7, 11) is 3.34. The number of fused-ring (bicyclic) bond motifs is 1. The fourth-order valence-corrected chi connectivity index (χ4v) is 4.82. The van der Waals surface area contributed by atoms with E-state index < -0.39 is 0 Å². The first-order valence-electron chi connectivity index (χ1n) is 11.6. The number of hydrogen-bond acceptors (Lipinski definition) is 4. The third kappa shape index (κ3) is 4.05. The second kappa shape index (κ2) is 9.20. The van der Waals surface area contributed by atoms with Gasteiger partial charge in [0.1, 0.15) is 0 Å². The largest absolute Gasteiger partial charge is 0.493 e. The van der Waals surface area contributed by atoms with Crippen LogP contribution in [-0.4, -0.2) is 45.4 Å². The van der Waals surface area contributed by atoms with Gasteiger partial charge in [-0.2, -0.15) is 0 Å². The molecule has 0 atom stereocenters. The van der Waals surface area contributed by atoms with Gasteiger partial charge in [-0.15, -0.1) is 0 Å². The number of hydrogen-bond donors (Lipinski definition) is 2. The average molecular weight is 442 g/mol. The summed E-state index contributed by atoms with van der Waals surface area (Å²) in [4.78, 5) is 6.09. The minimum Gasteiger partial charge on any atom is -0.493 e. The molecule has 2 heterocycles. The number of nitrogens with zero attached hydrogens (tertiary/aromatic N) is 1. The molecule has 1 aliphatic heterocycles. The molecule has 1 aromatic heterocycles. The molecule has 0 radical (unpaired) electrons. The third-order valence-corrected chi connectivity index (χ3v) is 6.61. The van der Waals surface area contributed by atoms with Crippen LogP contribution in [0.15, 0.2) is 60.7 Å². The molecule has 5 rings (SSSR count). The summed E-state index contributed by atoms with van der Waals surface area (Å²) in [5.41, 5.74) is 8.48. The van der Waals surface area contributed by atoms with E-state index in [1.807, 2.05) is 12.1 Å². The molecule has 0 unspecified atom stereocenters. The molecule has 2 N–H and O–H groups in total. The Morgan fingerprint density at radius 1 is 0.788 bits per heavy atom. The second-order valence-corrected chi connectivity index (χ2v) is 8.45. The van der Waals surface area contributed by atoms with Crippen LogP contribution >= 0.6 is 0 Å². The summed E-state index contributed by atoms with van der Waals surface area (Å²) in [6.07, 6.45) is 0.940. The molecule has 1 fully saturated rings. The molecule has 4 aromatic rings. The van der Waals surface area contributed by atoms with Gasteiger partial charge in [0.15, 0.2) is 11.5 Å². The maximum Gasteiger partial charge on any atom is 0.161 e. The second-order valence-electron chi connectivity index (χ2n) is 8.45. The van der Waals surface area contributed by atoms with Crippen LogP contribution < -0.4 is 19.7 Å². The molecular formula is C28H31N3O2. The van der Waals surface area contributed by atoms with E-state index in [1.165, 1.54) is 27.8 Å². The number of methoxy groups -OCH3 is 2. The highest BCUT2D eigenvalue weighted by molar-refractivity contribution is 5.94. The van der Waals surface area contributed by atoms with Gasteiger partial charge in [-0.1, -0.05) is 25.1 Å². The lowest BCUT2D eigenvalue weighted by Crippen LogP contribution is -2.43. The van der Waals surface area contributed by atoms with Gasteiger partial charge in [0, 0.05) is 54.0 Å². The summed E-state index contributed by atoms with van der Waals surface area (Å²) in [5, 5.41) is 4.69. The van der Waals surface area contributed by atoms with Gasteiger partial charge < -0.3 is 24.7 Å². The van der Waals surface area contributed by atoms with Crippen molar-refractivity contribution < 1.29 is 9.47 Å². The lowest BCUT2D eigenvalue weighted by Gasteiger charge is -2.29. The fraction of sp³-hybridized carbons (Fsp3) is 0.286. The SMILES string of the molecule is CCc1c(-c2ccc(OC)c(OC)c2)[nH]c2ccc(-c3ccc(N4CCNCC4)cc3)cc12.